The largest absolute Gasteiger partial charge is 0.468 e. The van der Waals surface area contributed by atoms with Gasteiger partial charge in [0.25, 0.3) is 11.7 Å². The molecule has 0 N–H and O–H groups in total. The molecule has 0 aromatic heterocycles. The fraction of sp³-hybridized carbons (Fsp3) is 0.375. The Kier molecular flexibility index (Phi) is 6.44. The second-order valence-electron chi connectivity index (χ2n) is 7.87. The minimum absolute atomic E-state index is 0.240. The minimum Gasteiger partial charge on any atom is -0.468 e. The van der Waals surface area contributed by atoms with Gasteiger partial charge in [0, 0.05) is 32.7 Å². The van der Waals surface area contributed by atoms with E-state index in [1.165, 1.54) is 7.11 Å². The molecular weight excluding hydrogens is 394 g/mol. The van der Waals surface area contributed by atoms with Crippen LogP contribution in [0.15, 0.2) is 54.6 Å². The molecule has 1 atom stereocenters. The maximum atomic E-state index is 12.4. The minimum atomic E-state index is -0.435. The van der Waals surface area contributed by atoms with Gasteiger partial charge in [-0.3, -0.25) is 14.5 Å². The summed E-state index contributed by atoms with van der Waals surface area (Å²) < 4.78 is 5.06. The second-order valence-corrected chi connectivity index (χ2v) is 7.87. The molecule has 1 amide bonds. The second kappa shape index (κ2) is 9.41. The molecule has 0 saturated carbocycles. The molecule has 2 aliphatic heterocycles. The number of nitrogens with zero attached hydrogens (tertiary/aromatic N) is 3. The van der Waals surface area contributed by atoms with Crippen LogP contribution < -0.4 is 4.90 Å². The van der Waals surface area contributed by atoms with Crippen molar-refractivity contribution in [3.8, 4) is 0 Å². The van der Waals surface area contributed by atoms with Gasteiger partial charge in [-0.05, 0) is 30.7 Å². The molecule has 1 fully saturated rings. The van der Waals surface area contributed by atoms with Crippen LogP contribution in [0.5, 0.6) is 0 Å². The molecular formula is C24H27N3O4. The summed E-state index contributed by atoms with van der Waals surface area (Å²) in [6.45, 7) is 4.56. The van der Waals surface area contributed by atoms with Crippen LogP contribution in [0.25, 0.3) is 0 Å². The molecule has 1 saturated heterocycles. The number of benzene rings is 2. The molecule has 2 aromatic rings. The molecule has 0 spiro atoms. The maximum absolute atomic E-state index is 12.4. The van der Waals surface area contributed by atoms with Crippen molar-refractivity contribution in [2.24, 2.45) is 0 Å². The monoisotopic (exact) mass is 421 g/mol. The van der Waals surface area contributed by atoms with E-state index >= 15 is 0 Å². The average molecular weight is 421 g/mol. The average Bonchev–Trinajstić information content (AvgIpc) is 3.06. The number of esters is 1. The molecule has 2 heterocycles. The van der Waals surface area contributed by atoms with Crippen LogP contribution in [0.3, 0.4) is 0 Å². The summed E-state index contributed by atoms with van der Waals surface area (Å²) in [6.07, 6.45) is 0.784. The maximum Gasteiger partial charge on any atom is 0.327 e. The van der Waals surface area contributed by atoms with Crippen molar-refractivity contribution < 1.29 is 19.1 Å². The van der Waals surface area contributed by atoms with Crippen LogP contribution >= 0.6 is 0 Å². The third kappa shape index (κ3) is 4.38. The van der Waals surface area contributed by atoms with Crippen molar-refractivity contribution in [3.63, 3.8) is 0 Å². The smallest absolute Gasteiger partial charge is 0.327 e. The van der Waals surface area contributed by atoms with Crippen molar-refractivity contribution in [2.45, 2.75) is 12.5 Å². The number of carbonyl (C=O) groups excluding carboxylic acids is 3. The van der Waals surface area contributed by atoms with Crippen molar-refractivity contribution in [1.82, 2.24) is 9.80 Å². The number of rotatable bonds is 7. The number of Topliss-reactive ketones (excluding diaryl/α,β-unsaturated/α-hetero) is 1. The SMILES string of the molecule is COC(=O)C(c1ccccc1)N1CCN(CCCN2C(=O)C(=O)c3ccccc32)CC1. The van der Waals surface area contributed by atoms with Gasteiger partial charge < -0.3 is 14.5 Å². The first kappa shape index (κ1) is 21.2. The Hall–Kier alpha value is -3.03. The van der Waals surface area contributed by atoms with Crippen LogP contribution in [0.2, 0.25) is 0 Å². The molecule has 7 heteroatoms. The van der Waals surface area contributed by atoms with Gasteiger partial charge in [-0.2, -0.15) is 0 Å². The zero-order valence-electron chi connectivity index (χ0n) is 17.7. The van der Waals surface area contributed by atoms with Crippen LogP contribution in [0.1, 0.15) is 28.4 Å². The molecule has 2 aromatic carbocycles. The zero-order valence-corrected chi connectivity index (χ0v) is 17.7. The summed E-state index contributed by atoms with van der Waals surface area (Å²) in [6, 6.07) is 16.5. The zero-order chi connectivity index (χ0) is 21.8. The number of ether oxygens (including phenoxy) is 1. The number of methoxy groups -OCH3 is 1. The Balaban J connectivity index is 1.30. The quantitative estimate of drug-likeness (QED) is 0.504. The molecule has 4 rings (SSSR count). The lowest BCUT2D eigenvalue weighted by Crippen LogP contribution is -2.49. The standard InChI is InChI=1S/C24H27N3O4/c1-31-24(30)21(18-8-3-2-4-9-18)26-16-14-25(15-17-26)12-7-13-27-20-11-6-5-10-19(20)22(28)23(27)29/h2-6,8-11,21H,7,12-17H2,1H3. The van der Waals surface area contributed by atoms with Crippen molar-refractivity contribution in [3.05, 3.63) is 65.7 Å². The Morgan fingerprint density at radius 1 is 0.935 bits per heavy atom. The van der Waals surface area contributed by atoms with E-state index in [0.29, 0.717) is 17.8 Å². The lowest BCUT2D eigenvalue weighted by atomic mass is 10.0. The molecule has 2 aliphatic rings. The number of carbonyl (C=O) groups is 3. The van der Waals surface area contributed by atoms with Gasteiger partial charge in [-0.25, -0.2) is 4.79 Å². The summed E-state index contributed by atoms with van der Waals surface area (Å²) in [4.78, 5) is 42.9. The van der Waals surface area contributed by atoms with Crippen LogP contribution in [0.4, 0.5) is 5.69 Å². The highest BCUT2D eigenvalue weighted by atomic mass is 16.5. The third-order valence-electron chi connectivity index (χ3n) is 6.05. The summed E-state index contributed by atoms with van der Waals surface area (Å²) in [5, 5.41) is 0. The van der Waals surface area contributed by atoms with E-state index in [-0.39, 0.29) is 5.97 Å². The predicted octanol–water partition coefficient (Wildman–Crippen LogP) is 2.14. The summed E-state index contributed by atoms with van der Waals surface area (Å²) in [5.74, 6) is -1.09. The number of fused-ring (bicyclic) bond motifs is 1. The number of amides is 1. The fourth-order valence-electron chi connectivity index (χ4n) is 4.41. The Labute approximate surface area is 182 Å². The summed E-state index contributed by atoms with van der Waals surface area (Å²) in [5.41, 5.74) is 2.15. The van der Waals surface area contributed by atoms with Crippen LogP contribution in [-0.2, 0) is 14.3 Å². The highest BCUT2D eigenvalue weighted by Gasteiger charge is 2.35. The van der Waals surface area contributed by atoms with E-state index < -0.39 is 17.7 Å². The topological polar surface area (TPSA) is 70.2 Å². The highest BCUT2D eigenvalue weighted by molar-refractivity contribution is 6.52. The molecule has 0 aliphatic carbocycles. The highest BCUT2D eigenvalue weighted by Crippen LogP contribution is 2.28. The van der Waals surface area contributed by atoms with Crippen molar-refractivity contribution in [2.75, 3.05) is 51.3 Å². The third-order valence-corrected chi connectivity index (χ3v) is 6.05. The van der Waals surface area contributed by atoms with Gasteiger partial charge >= 0.3 is 5.97 Å². The number of hydrogen-bond donors (Lipinski definition) is 0. The number of anilines is 1. The number of para-hydroxylation sites is 1. The molecule has 1 unspecified atom stereocenters. The van der Waals surface area contributed by atoms with Gasteiger partial charge in [0.05, 0.1) is 18.4 Å². The molecule has 31 heavy (non-hydrogen) atoms. The fourth-order valence-corrected chi connectivity index (χ4v) is 4.41. The van der Waals surface area contributed by atoms with Crippen LogP contribution in [-0.4, -0.2) is 73.8 Å². The molecule has 162 valence electrons. The lowest BCUT2D eigenvalue weighted by Gasteiger charge is -2.38. The first-order chi connectivity index (χ1) is 15.1. The number of ketones is 1. The van der Waals surface area contributed by atoms with E-state index in [2.05, 4.69) is 9.80 Å². The Morgan fingerprint density at radius 2 is 1.61 bits per heavy atom. The Bertz CT molecular complexity index is 954. The van der Waals surface area contributed by atoms with Crippen molar-refractivity contribution >= 4 is 23.3 Å². The van der Waals surface area contributed by atoms with Gasteiger partial charge in [0.15, 0.2) is 0 Å². The number of piperazine rings is 1. The lowest BCUT2D eigenvalue weighted by molar-refractivity contribution is -0.148. The van der Waals surface area contributed by atoms with Crippen LogP contribution in [0, 0.1) is 0 Å². The van der Waals surface area contributed by atoms with Gasteiger partial charge in [0.2, 0.25) is 0 Å². The van der Waals surface area contributed by atoms with Gasteiger partial charge in [0.1, 0.15) is 6.04 Å². The van der Waals surface area contributed by atoms with E-state index in [9.17, 15) is 14.4 Å². The molecule has 0 radical (unpaired) electrons. The first-order valence-corrected chi connectivity index (χ1v) is 10.6. The van der Waals surface area contributed by atoms with E-state index in [0.717, 1.165) is 44.7 Å². The molecule has 7 nitrogen and oxygen atoms in total. The van der Waals surface area contributed by atoms with Gasteiger partial charge in [-0.1, -0.05) is 42.5 Å². The first-order valence-electron chi connectivity index (χ1n) is 10.6. The van der Waals surface area contributed by atoms with Crippen molar-refractivity contribution in [1.29, 1.82) is 0 Å². The number of hydrogen-bond acceptors (Lipinski definition) is 6. The summed E-state index contributed by atoms with van der Waals surface area (Å²) in [7, 11) is 1.43. The Morgan fingerprint density at radius 3 is 2.32 bits per heavy atom. The van der Waals surface area contributed by atoms with E-state index in [4.69, 9.17) is 4.74 Å². The normalized spacial score (nSPS) is 18.2. The van der Waals surface area contributed by atoms with E-state index in [1.807, 2.05) is 42.5 Å². The summed E-state index contributed by atoms with van der Waals surface area (Å²) >= 11 is 0. The molecule has 0 bridgehead atoms. The van der Waals surface area contributed by atoms with Gasteiger partial charge in [-0.15, -0.1) is 0 Å². The predicted molar refractivity (Wildman–Crippen MR) is 117 cm³/mol. The van der Waals surface area contributed by atoms with E-state index in [1.54, 1.807) is 17.0 Å².